The Labute approximate surface area is 152 Å². The van der Waals surface area contributed by atoms with E-state index in [-0.39, 0.29) is 18.3 Å². The molecular weight excluding hydrogens is 314 g/mol. The van der Waals surface area contributed by atoms with E-state index < -0.39 is 0 Å². The average Bonchev–Trinajstić information content (AvgIpc) is 2.60. The number of rotatable bonds is 13. The number of carbonyl (C=O) groups excluding carboxylic acids is 2. The number of hydrogen-bond donors (Lipinski definition) is 1. The Morgan fingerprint density at radius 2 is 1.60 bits per heavy atom. The summed E-state index contributed by atoms with van der Waals surface area (Å²) in [6.45, 7) is 4.92. The van der Waals surface area contributed by atoms with Gasteiger partial charge in [-0.3, -0.25) is 9.59 Å². The van der Waals surface area contributed by atoms with Crippen LogP contribution in [0.2, 0.25) is 0 Å². The Morgan fingerprint density at radius 1 is 0.960 bits per heavy atom. The molecule has 0 aliphatic heterocycles. The van der Waals surface area contributed by atoms with Gasteiger partial charge >= 0.3 is 5.97 Å². The molecule has 0 aliphatic rings. The molecule has 0 radical (unpaired) electrons. The summed E-state index contributed by atoms with van der Waals surface area (Å²) in [7, 11) is 0. The number of hydrogen-bond acceptors (Lipinski definition) is 3. The fourth-order valence-electron chi connectivity index (χ4n) is 2.70. The van der Waals surface area contributed by atoms with Crippen LogP contribution in [-0.4, -0.2) is 25.0 Å². The fraction of sp³-hybridized carbons (Fsp3) is 0.619. The average molecular weight is 347 g/mol. The maximum Gasteiger partial charge on any atom is 0.307 e. The zero-order valence-electron chi connectivity index (χ0n) is 15.8. The summed E-state index contributed by atoms with van der Waals surface area (Å²) < 4.78 is 5.21. The van der Waals surface area contributed by atoms with E-state index in [4.69, 9.17) is 4.74 Å². The molecule has 0 saturated carbocycles. The van der Waals surface area contributed by atoms with E-state index in [1.54, 1.807) is 6.07 Å². The molecule has 1 N–H and O–H groups in total. The zero-order valence-corrected chi connectivity index (χ0v) is 15.8. The zero-order chi connectivity index (χ0) is 18.3. The highest BCUT2D eigenvalue weighted by Crippen LogP contribution is 2.08. The highest BCUT2D eigenvalue weighted by molar-refractivity contribution is 5.95. The Balaban J connectivity index is 2.00. The first-order valence-corrected chi connectivity index (χ1v) is 9.64. The minimum Gasteiger partial charge on any atom is -0.466 e. The van der Waals surface area contributed by atoms with Gasteiger partial charge in [0.2, 0.25) is 0 Å². The predicted octanol–water partition coefficient (Wildman–Crippen LogP) is 4.80. The number of ether oxygens (including phenoxy) is 1. The molecule has 0 bridgehead atoms. The molecule has 0 atom stereocenters. The van der Waals surface area contributed by atoms with Crippen LogP contribution in [0, 0.1) is 6.92 Å². The quantitative estimate of drug-likeness (QED) is 0.412. The van der Waals surface area contributed by atoms with E-state index in [2.05, 4.69) is 12.2 Å². The van der Waals surface area contributed by atoms with E-state index in [1.807, 2.05) is 25.1 Å². The summed E-state index contributed by atoms with van der Waals surface area (Å²) in [5.41, 5.74) is 1.58. The van der Waals surface area contributed by atoms with Crippen molar-refractivity contribution in [3.05, 3.63) is 35.4 Å². The lowest BCUT2D eigenvalue weighted by Gasteiger charge is -2.08. The largest absolute Gasteiger partial charge is 0.466 e. The Hall–Kier alpha value is -1.84. The molecular formula is C21H33NO3. The molecule has 1 aromatic rings. The van der Waals surface area contributed by atoms with Gasteiger partial charge in [-0.2, -0.15) is 0 Å². The molecule has 0 unspecified atom stereocenters. The van der Waals surface area contributed by atoms with Gasteiger partial charge in [0, 0.05) is 12.1 Å². The van der Waals surface area contributed by atoms with Gasteiger partial charge in [0.15, 0.2) is 0 Å². The summed E-state index contributed by atoms with van der Waals surface area (Å²) in [6, 6.07) is 7.41. The second kappa shape index (κ2) is 13.5. The van der Waals surface area contributed by atoms with Gasteiger partial charge in [-0.15, -0.1) is 0 Å². The van der Waals surface area contributed by atoms with Crippen LogP contribution in [0.4, 0.5) is 0 Å². The number of amides is 1. The number of unbranched alkanes of at least 4 members (excludes halogenated alkanes) is 7. The van der Waals surface area contributed by atoms with Crippen molar-refractivity contribution < 1.29 is 14.3 Å². The Kier molecular flexibility index (Phi) is 11.4. The van der Waals surface area contributed by atoms with E-state index in [1.165, 1.54) is 38.5 Å². The van der Waals surface area contributed by atoms with Crippen molar-refractivity contribution in [3.63, 3.8) is 0 Å². The topological polar surface area (TPSA) is 55.4 Å². The van der Waals surface area contributed by atoms with Gasteiger partial charge in [-0.05, 0) is 25.0 Å². The van der Waals surface area contributed by atoms with Crippen LogP contribution in [0.1, 0.15) is 80.6 Å². The van der Waals surface area contributed by atoms with Gasteiger partial charge < -0.3 is 10.1 Å². The minimum absolute atomic E-state index is 0.144. The van der Waals surface area contributed by atoms with Crippen LogP contribution in [0.5, 0.6) is 0 Å². The van der Waals surface area contributed by atoms with E-state index in [0.717, 1.165) is 18.4 Å². The van der Waals surface area contributed by atoms with Crippen LogP contribution in [0.3, 0.4) is 0 Å². The molecule has 1 aromatic carbocycles. The number of nitrogens with one attached hydrogen (secondary N) is 1. The van der Waals surface area contributed by atoms with Crippen LogP contribution in [-0.2, 0) is 9.53 Å². The van der Waals surface area contributed by atoms with Gasteiger partial charge in [-0.25, -0.2) is 0 Å². The van der Waals surface area contributed by atoms with Crippen molar-refractivity contribution in [3.8, 4) is 0 Å². The van der Waals surface area contributed by atoms with Crippen molar-refractivity contribution in [1.29, 1.82) is 0 Å². The smallest absolute Gasteiger partial charge is 0.307 e. The third kappa shape index (κ3) is 9.90. The van der Waals surface area contributed by atoms with Crippen LogP contribution in [0.15, 0.2) is 24.3 Å². The molecule has 25 heavy (non-hydrogen) atoms. The normalized spacial score (nSPS) is 10.5. The fourth-order valence-corrected chi connectivity index (χ4v) is 2.70. The summed E-state index contributed by atoms with van der Waals surface area (Å²) in [4.78, 5) is 23.7. The van der Waals surface area contributed by atoms with Crippen LogP contribution < -0.4 is 5.32 Å². The maximum atomic E-state index is 12.0. The second-order valence-electron chi connectivity index (χ2n) is 6.52. The molecule has 0 heterocycles. The summed E-state index contributed by atoms with van der Waals surface area (Å²) in [5, 5.41) is 2.77. The van der Waals surface area contributed by atoms with Crippen LogP contribution >= 0.6 is 0 Å². The molecule has 4 nitrogen and oxygen atoms in total. The first kappa shape index (κ1) is 21.2. The Bertz CT molecular complexity index is 514. The van der Waals surface area contributed by atoms with Crippen molar-refractivity contribution in [1.82, 2.24) is 5.32 Å². The highest BCUT2D eigenvalue weighted by Gasteiger charge is 2.09. The van der Waals surface area contributed by atoms with Crippen molar-refractivity contribution in [2.75, 3.05) is 13.2 Å². The SMILES string of the molecule is CCCCCCCCCCOC(=O)CCNC(=O)c1ccccc1C. The standard InChI is InChI=1S/C21H33NO3/c1-3-4-5-6-7-8-9-12-17-25-20(23)15-16-22-21(24)19-14-11-10-13-18(19)2/h10-11,13-14H,3-9,12,15-17H2,1-2H3,(H,22,24). The monoisotopic (exact) mass is 347 g/mol. The number of esters is 1. The van der Waals surface area contributed by atoms with Crippen molar-refractivity contribution in [2.45, 2.75) is 71.6 Å². The Morgan fingerprint density at radius 3 is 2.28 bits per heavy atom. The molecule has 0 spiro atoms. The van der Waals surface area contributed by atoms with Crippen LogP contribution in [0.25, 0.3) is 0 Å². The first-order chi connectivity index (χ1) is 12.1. The van der Waals surface area contributed by atoms with E-state index in [0.29, 0.717) is 18.7 Å². The minimum atomic E-state index is -0.243. The maximum absolute atomic E-state index is 12.0. The molecule has 0 aromatic heterocycles. The lowest BCUT2D eigenvalue weighted by atomic mass is 10.1. The number of carbonyl (C=O) groups is 2. The molecule has 1 rings (SSSR count). The first-order valence-electron chi connectivity index (χ1n) is 9.64. The number of benzene rings is 1. The number of aryl methyl sites for hydroxylation is 1. The van der Waals surface area contributed by atoms with Gasteiger partial charge in [-0.1, -0.05) is 70.1 Å². The van der Waals surface area contributed by atoms with Crippen molar-refractivity contribution in [2.24, 2.45) is 0 Å². The molecule has 0 fully saturated rings. The molecule has 140 valence electrons. The summed E-state index contributed by atoms with van der Waals surface area (Å²) in [5.74, 6) is -0.387. The predicted molar refractivity (Wildman–Crippen MR) is 102 cm³/mol. The lowest BCUT2D eigenvalue weighted by molar-refractivity contribution is -0.143. The second-order valence-corrected chi connectivity index (χ2v) is 6.52. The third-order valence-electron chi connectivity index (χ3n) is 4.27. The van der Waals surface area contributed by atoms with Gasteiger partial charge in [0.05, 0.1) is 13.0 Å². The molecule has 0 saturated heterocycles. The summed E-state index contributed by atoms with van der Waals surface area (Å²) in [6.07, 6.45) is 10.0. The molecule has 4 heteroatoms. The van der Waals surface area contributed by atoms with E-state index in [9.17, 15) is 9.59 Å². The molecule has 1 amide bonds. The third-order valence-corrected chi connectivity index (χ3v) is 4.27. The molecule has 0 aliphatic carbocycles. The van der Waals surface area contributed by atoms with Crippen molar-refractivity contribution >= 4 is 11.9 Å². The highest BCUT2D eigenvalue weighted by atomic mass is 16.5. The lowest BCUT2D eigenvalue weighted by Crippen LogP contribution is -2.27. The van der Waals surface area contributed by atoms with E-state index >= 15 is 0 Å². The van der Waals surface area contributed by atoms with Gasteiger partial charge in [0.25, 0.3) is 5.91 Å². The van der Waals surface area contributed by atoms with Gasteiger partial charge in [0.1, 0.15) is 0 Å². The summed E-state index contributed by atoms with van der Waals surface area (Å²) >= 11 is 0.